The number of carbonyl (C=O) groups is 3. The molecule has 0 atom stereocenters. The lowest BCUT2D eigenvalue weighted by molar-refractivity contribution is -0.148. The van der Waals surface area contributed by atoms with E-state index in [1.807, 2.05) is 37.4 Å². The minimum absolute atomic E-state index is 0.0499. The van der Waals surface area contributed by atoms with Crippen LogP contribution in [-0.4, -0.2) is 46.9 Å². The Morgan fingerprint density at radius 1 is 1.27 bits per heavy atom. The summed E-state index contributed by atoms with van der Waals surface area (Å²) in [6.07, 6.45) is 2.71. The second kappa shape index (κ2) is 9.81. The predicted molar refractivity (Wildman–Crippen MR) is 99.7 cm³/mol. The Morgan fingerprint density at radius 2 is 2.04 bits per heavy atom. The summed E-state index contributed by atoms with van der Waals surface area (Å²) in [5.74, 6) is 0.172. The van der Waals surface area contributed by atoms with Gasteiger partial charge in [-0.15, -0.1) is 0 Å². The van der Waals surface area contributed by atoms with E-state index in [1.54, 1.807) is 16.3 Å². The number of amides is 3. The van der Waals surface area contributed by atoms with Crippen LogP contribution in [0.25, 0.3) is 11.0 Å². The normalized spacial score (nSPS) is 10.5. The van der Waals surface area contributed by atoms with E-state index in [4.69, 9.17) is 4.74 Å². The fraction of sp³-hybridized carbons (Fsp3) is 0.412. The molecule has 1 aromatic carbocycles. The Balaban J connectivity index is 1.93. The van der Waals surface area contributed by atoms with Crippen LogP contribution in [0.3, 0.4) is 0 Å². The van der Waals surface area contributed by atoms with Crippen molar-refractivity contribution in [1.82, 2.24) is 20.2 Å². The number of aromatic nitrogens is 2. The molecule has 0 aliphatic carbocycles. The molecule has 0 spiro atoms. The number of benzene rings is 1. The van der Waals surface area contributed by atoms with E-state index < -0.39 is 24.5 Å². The van der Waals surface area contributed by atoms with Crippen LogP contribution in [-0.2, 0) is 26.6 Å². The predicted octanol–water partition coefficient (Wildman–Crippen LogP) is 1.68. The molecule has 140 valence electrons. The first-order valence-electron chi connectivity index (χ1n) is 8.21. The first kappa shape index (κ1) is 19.8. The largest absolute Gasteiger partial charge is 0.454 e. The van der Waals surface area contributed by atoms with Gasteiger partial charge in [0.1, 0.15) is 12.4 Å². The lowest BCUT2D eigenvalue weighted by Gasteiger charge is -2.09. The number of ether oxygens (including phenoxy) is 1. The quantitative estimate of drug-likeness (QED) is 0.678. The molecule has 2 rings (SSSR count). The summed E-state index contributed by atoms with van der Waals surface area (Å²) in [5.41, 5.74) is 1.63. The SMILES string of the molecule is CCCNC(=O)NC(=O)COC(=O)Cn1c(CSC)nc2ccccc21. The zero-order valence-corrected chi connectivity index (χ0v) is 15.6. The highest BCUT2D eigenvalue weighted by Gasteiger charge is 2.15. The summed E-state index contributed by atoms with van der Waals surface area (Å²) in [6, 6.07) is 6.91. The highest BCUT2D eigenvalue weighted by Crippen LogP contribution is 2.19. The molecule has 0 aliphatic rings. The molecule has 0 aliphatic heterocycles. The number of hydrogen-bond acceptors (Lipinski definition) is 6. The summed E-state index contributed by atoms with van der Waals surface area (Å²) >= 11 is 1.60. The number of nitrogens with one attached hydrogen (secondary N) is 2. The van der Waals surface area contributed by atoms with Crippen LogP contribution in [0.4, 0.5) is 4.79 Å². The number of para-hydroxylation sites is 2. The van der Waals surface area contributed by atoms with E-state index in [0.717, 1.165) is 23.3 Å². The zero-order chi connectivity index (χ0) is 18.9. The molecule has 2 N–H and O–H groups in total. The van der Waals surface area contributed by atoms with Gasteiger partial charge in [-0.1, -0.05) is 19.1 Å². The van der Waals surface area contributed by atoms with Crippen molar-refractivity contribution in [2.45, 2.75) is 25.6 Å². The maximum absolute atomic E-state index is 12.1. The topological polar surface area (TPSA) is 102 Å². The van der Waals surface area contributed by atoms with Crippen molar-refractivity contribution in [3.63, 3.8) is 0 Å². The van der Waals surface area contributed by atoms with Crippen LogP contribution in [0.1, 0.15) is 19.2 Å². The maximum Gasteiger partial charge on any atom is 0.326 e. The van der Waals surface area contributed by atoms with E-state index in [0.29, 0.717) is 12.3 Å². The Bertz CT molecular complexity index is 790. The zero-order valence-electron chi connectivity index (χ0n) is 14.8. The number of carbonyl (C=O) groups excluding carboxylic acids is 3. The number of imide groups is 1. The molecule has 26 heavy (non-hydrogen) atoms. The van der Waals surface area contributed by atoms with Gasteiger partial charge in [0.2, 0.25) is 0 Å². The molecule has 0 saturated heterocycles. The Hall–Kier alpha value is -2.55. The number of imidazole rings is 1. The van der Waals surface area contributed by atoms with Crippen LogP contribution in [0.5, 0.6) is 0 Å². The van der Waals surface area contributed by atoms with Gasteiger partial charge < -0.3 is 14.6 Å². The van der Waals surface area contributed by atoms with Gasteiger partial charge in [0.25, 0.3) is 5.91 Å². The molecule has 8 nitrogen and oxygen atoms in total. The number of thioether (sulfide) groups is 1. The number of fused-ring (bicyclic) bond motifs is 1. The molecular formula is C17H22N4O4S. The van der Waals surface area contributed by atoms with E-state index >= 15 is 0 Å². The molecule has 3 amide bonds. The van der Waals surface area contributed by atoms with Gasteiger partial charge in [0, 0.05) is 6.54 Å². The summed E-state index contributed by atoms with van der Waals surface area (Å²) in [6.45, 7) is 1.80. The number of hydrogen-bond donors (Lipinski definition) is 2. The Morgan fingerprint density at radius 3 is 2.77 bits per heavy atom. The van der Waals surface area contributed by atoms with Gasteiger partial charge in [-0.2, -0.15) is 11.8 Å². The molecule has 0 radical (unpaired) electrons. The maximum atomic E-state index is 12.1. The van der Waals surface area contributed by atoms with Crippen molar-refractivity contribution in [1.29, 1.82) is 0 Å². The molecule has 0 bridgehead atoms. The van der Waals surface area contributed by atoms with Gasteiger partial charge in [0.15, 0.2) is 6.61 Å². The molecule has 2 aromatic rings. The van der Waals surface area contributed by atoms with Crippen LogP contribution in [0, 0.1) is 0 Å². The molecule has 9 heteroatoms. The van der Waals surface area contributed by atoms with Crippen molar-refractivity contribution in [2.75, 3.05) is 19.4 Å². The third-order valence-corrected chi connectivity index (χ3v) is 3.99. The Labute approximate surface area is 155 Å². The highest BCUT2D eigenvalue weighted by atomic mass is 32.2. The lowest BCUT2D eigenvalue weighted by atomic mass is 10.3. The van der Waals surface area contributed by atoms with E-state index in [-0.39, 0.29) is 6.54 Å². The van der Waals surface area contributed by atoms with Gasteiger partial charge in [-0.3, -0.25) is 14.9 Å². The minimum Gasteiger partial charge on any atom is -0.454 e. The second-order valence-corrected chi connectivity index (χ2v) is 6.37. The standard InChI is InChI=1S/C17H22N4O4S/c1-3-8-18-17(24)20-15(22)10-25-16(23)9-21-13-7-5-4-6-12(13)19-14(21)11-26-2/h4-7H,3,8-11H2,1-2H3,(H2,18,20,22,24). The van der Waals surface area contributed by atoms with E-state index in [2.05, 4.69) is 15.6 Å². The summed E-state index contributed by atoms with van der Waals surface area (Å²) in [7, 11) is 0. The monoisotopic (exact) mass is 378 g/mol. The van der Waals surface area contributed by atoms with Gasteiger partial charge in [-0.25, -0.2) is 9.78 Å². The first-order valence-corrected chi connectivity index (χ1v) is 9.61. The number of urea groups is 1. The third kappa shape index (κ3) is 5.48. The van der Waals surface area contributed by atoms with Crippen molar-refractivity contribution in [3.05, 3.63) is 30.1 Å². The molecule has 0 fully saturated rings. The molecule has 1 heterocycles. The van der Waals surface area contributed by atoms with Crippen LogP contribution in [0.15, 0.2) is 24.3 Å². The second-order valence-electron chi connectivity index (χ2n) is 5.50. The van der Waals surface area contributed by atoms with Crippen molar-refractivity contribution >= 4 is 40.7 Å². The number of nitrogens with zero attached hydrogens (tertiary/aromatic N) is 2. The van der Waals surface area contributed by atoms with Gasteiger partial charge in [0.05, 0.1) is 16.8 Å². The fourth-order valence-corrected chi connectivity index (χ4v) is 2.79. The minimum atomic E-state index is -0.674. The molecule has 1 aromatic heterocycles. The van der Waals surface area contributed by atoms with E-state index in [9.17, 15) is 14.4 Å². The summed E-state index contributed by atoms with van der Waals surface area (Å²) < 4.78 is 6.76. The molecule has 0 saturated carbocycles. The number of rotatable bonds is 8. The highest BCUT2D eigenvalue weighted by molar-refractivity contribution is 7.97. The fourth-order valence-electron chi connectivity index (χ4n) is 2.31. The molecular weight excluding hydrogens is 356 g/mol. The van der Waals surface area contributed by atoms with Gasteiger partial charge in [-0.05, 0) is 24.8 Å². The van der Waals surface area contributed by atoms with Crippen molar-refractivity contribution in [2.24, 2.45) is 0 Å². The van der Waals surface area contributed by atoms with E-state index in [1.165, 1.54) is 0 Å². The van der Waals surface area contributed by atoms with Crippen molar-refractivity contribution < 1.29 is 19.1 Å². The Kier molecular flexibility index (Phi) is 7.46. The summed E-state index contributed by atoms with van der Waals surface area (Å²) in [5, 5.41) is 4.60. The third-order valence-electron chi connectivity index (χ3n) is 3.45. The molecule has 0 unspecified atom stereocenters. The van der Waals surface area contributed by atoms with Crippen LogP contribution in [0.2, 0.25) is 0 Å². The van der Waals surface area contributed by atoms with Crippen LogP contribution < -0.4 is 10.6 Å². The van der Waals surface area contributed by atoms with Crippen LogP contribution >= 0.6 is 11.8 Å². The average Bonchev–Trinajstić information content (AvgIpc) is 2.96. The average molecular weight is 378 g/mol. The summed E-state index contributed by atoms with van der Waals surface area (Å²) in [4.78, 5) is 39.6. The smallest absolute Gasteiger partial charge is 0.326 e. The number of esters is 1. The van der Waals surface area contributed by atoms with Crippen molar-refractivity contribution in [3.8, 4) is 0 Å². The lowest BCUT2D eigenvalue weighted by Crippen LogP contribution is -2.41. The van der Waals surface area contributed by atoms with Gasteiger partial charge >= 0.3 is 12.0 Å². The first-order chi connectivity index (χ1) is 12.5.